The molecule has 0 aliphatic carbocycles. The van der Waals surface area contributed by atoms with Crippen LogP contribution in [-0.2, 0) is 4.79 Å². The number of carbonyl (C=O) groups is 1. The van der Waals surface area contributed by atoms with E-state index < -0.39 is 39.9 Å². The quantitative estimate of drug-likeness (QED) is 0.623. The summed E-state index contributed by atoms with van der Waals surface area (Å²) in [6, 6.07) is -0.190. The maximum absolute atomic E-state index is 13.1. The molecule has 1 atom stereocenters. The predicted octanol–water partition coefficient (Wildman–Crippen LogP) is 1.76. The van der Waals surface area contributed by atoms with Gasteiger partial charge in [0.15, 0.2) is 0 Å². The van der Waals surface area contributed by atoms with Gasteiger partial charge in [-0.1, -0.05) is 0 Å². The van der Waals surface area contributed by atoms with Crippen molar-refractivity contribution in [1.82, 2.24) is 0 Å². The van der Waals surface area contributed by atoms with Gasteiger partial charge in [0, 0.05) is 12.1 Å². The molecule has 1 aromatic carbocycles. The molecule has 0 radical (unpaired) electrons. The van der Waals surface area contributed by atoms with Crippen LogP contribution in [0.25, 0.3) is 0 Å². The van der Waals surface area contributed by atoms with Crippen molar-refractivity contribution >= 4 is 17.3 Å². The van der Waals surface area contributed by atoms with Crippen LogP contribution in [0.15, 0.2) is 12.1 Å². The number of carboxylic acid groups (broad SMARTS) is 1. The molecule has 0 fully saturated rings. The van der Waals surface area contributed by atoms with E-state index in [9.17, 15) is 23.7 Å². The number of nitrogens with zero attached hydrogens (tertiary/aromatic N) is 1. The Labute approximate surface area is 94.0 Å². The number of rotatable bonds is 4. The molecular weight excluding hydrogens is 238 g/mol. The van der Waals surface area contributed by atoms with Gasteiger partial charge in [-0.05, 0) is 6.92 Å². The van der Waals surface area contributed by atoms with Crippen molar-refractivity contribution in [2.45, 2.75) is 13.0 Å². The molecule has 0 saturated carbocycles. The second kappa shape index (κ2) is 4.73. The van der Waals surface area contributed by atoms with Gasteiger partial charge in [0.1, 0.15) is 17.5 Å². The van der Waals surface area contributed by atoms with E-state index in [1.54, 1.807) is 0 Å². The highest BCUT2D eigenvalue weighted by atomic mass is 19.1. The van der Waals surface area contributed by atoms with Crippen LogP contribution in [0.2, 0.25) is 0 Å². The normalized spacial score (nSPS) is 11.9. The Morgan fingerprint density at radius 3 is 2.59 bits per heavy atom. The number of nitro groups is 1. The minimum atomic E-state index is -1.37. The molecular formula is C9H8F2N2O4. The molecule has 17 heavy (non-hydrogen) atoms. The predicted molar refractivity (Wildman–Crippen MR) is 53.7 cm³/mol. The van der Waals surface area contributed by atoms with E-state index in [1.165, 1.54) is 6.92 Å². The number of halogens is 2. The van der Waals surface area contributed by atoms with E-state index in [-0.39, 0.29) is 0 Å². The fourth-order valence-electron chi connectivity index (χ4n) is 1.16. The van der Waals surface area contributed by atoms with Crippen LogP contribution < -0.4 is 5.32 Å². The van der Waals surface area contributed by atoms with E-state index in [2.05, 4.69) is 5.32 Å². The minimum Gasteiger partial charge on any atom is -0.480 e. The zero-order chi connectivity index (χ0) is 13.2. The number of hydrogen-bond donors (Lipinski definition) is 2. The third kappa shape index (κ3) is 2.86. The second-order valence-corrected chi connectivity index (χ2v) is 3.25. The second-order valence-electron chi connectivity index (χ2n) is 3.25. The molecule has 92 valence electrons. The highest BCUT2D eigenvalue weighted by molar-refractivity contribution is 5.78. The zero-order valence-corrected chi connectivity index (χ0v) is 8.61. The molecule has 0 aliphatic rings. The highest BCUT2D eigenvalue weighted by Gasteiger charge is 2.24. The lowest BCUT2D eigenvalue weighted by atomic mass is 10.2. The topological polar surface area (TPSA) is 92.5 Å². The molecule has 1 aromatic rings. The molecule has 0 amide bonds. The van der Waals surface area contributed by atoms with Crippen LogP contribution in [0.5, 0.6) is 0 Å². The van der Waals surface area contributed by atoms with Crippen LogP contribution in [0.1, 0.15) is 6.92 Å². The summed E-state index contributed by atoms with van der Waals surface area (Å²) >= 11 is 0. The summed E-state index contributed by atoms with van der Waals surface area (Å²) in [4.78, 5) is 20.0. The smallest absolute Gasteiger partial charge is 0.327 e. The first-order valence-electron chi connectivity index (χ1n) is 4.45. The first kappa shape index (κ1) is 12.8. The summed E-state index contributed by atoms with van der Waals surface area (Å²) in [7, 11) is 0. The average Bonchev–Trinajstić information content (AvgIpc) is 2.14. The lowest BCUT2D eigenvalue weighted by molar-refractivity contribution is -0.386. The Bertz CT molecular complexity index is 478. The van der Waals surface area contributed by atoms with Crippen molar-refractivity contribution < 1.29 is 23.6 Å². The summed E-state index contributed by atoms with van der Waals surface area (Å²) in [6.45, 7) is 1.19. The molecule has 2 N–H and O–H groups in total. The molecule has 0 spiro atoms. The van der Waals surface area contributed by atoms with Gasteiger partial charge in [0.25, 0.3) is 0 Å². The molecule has 1 rings (SSSR count). The molecule has 8 heteroatoms. The largest absolute Gasteiger partial charge is 0.480 e. The van der Waals surface area contributed by atoms with Crippen molar-refractivity contribution in [3.05, 3.63) is 33.9 Å². The first-order chi connectivity index (χ1) is 7.82. The molecule has 0 heterocycles. The van der Waals surface area contributed by atoms with Gasteiger partial charge in [-0.2, -0.15) is 4.39 Å². The summed E-state index contributed by atoms with van der Waals surface area (Å²) in [5.41, 5.74) is -1.50. The zero-order valence-electron chi connectivity index (χ0n) is 8.61. The molecule has 0 saturated heterocycles. The number of benzene rings is 1. The maximum Gasteiger partial charge on any atom is 0.327 e. The minimum absolute atomic E-state index is 0.356. The Kier molecular flexibility index (Phi) is 3.56. The number of nitro benzene ring substituents is 1. The number of hydrogen-bond acceptors (Lipinski definition) is 4. The van der Waals surface area contributed by atoms with Gasteiger partial charge in [0.05, 0.1) is 4.92 Å². The van der Waals surface area contributed by atoms with Gasteiger partial charge in [-0.25, -0.2) is 4.39 Å². The van der Waals surface area contributed by atoms with Crippen LogP contribution in [0.3, 0.4) is 0 Å². The number of carboxylic acids is 1. The van der Waals surface area contributed by atoms with E-state index >= 15 is 0 Å². The summed E-state index contributed by atoms with van der Waals surface area (Å²) in [5.74, 6) is -3.70. The third-order valence-electron chi connectivity index (χ3n) is 1.95. The van der Waals surface area contributed by atoms with Crippen molar-refractivity contribution in [2.24, 2.45) is 0 Å². The van der Waals surface area contributed by atoms with Crippen molar-refractivity contribution in [3.8, 4) is 0 Å². The van der Waals surface area contributed by atoms with E-state index in [4.69, 9.17) is 5.11 Å². The van der Waals surface area contributed by atoms with Gasteiger partial charge >= 0.3 is 11.7 Å². The van der Waals surface area contributed by atoms with Gasteiger partial charge in [-0.15, -0.1) is 0 Å². The number of nitrogens with one attached hydrogen (secondary N) is 1. The molecule has 1 unspecified atom stereocenters. The Morgan fingerprint density at radius 1 is 1.53 bits per heavy atom. The third-order valence-corrected chi connectivity index (χ3v) is 1.95. The fraction of sp³-hybridized carbons (Fsp3) is 0.222. The highest BCUT2D eigenvalue weighted by Crippen LogP contribution is 2.29. The molecule has 0 aliphatic heterocycles. The number of aliphatic carboxylic acids is 1. The fourth-order valence-corrected chi connectivity index (χ4v) is 1.16. The van der Waals surface area contributed by atoms with Crippen molar-refractivity contribution in [2.75, 3.05) is 5.32 Å². The lowest BCUT2D eigenvalue weighted by Crippen LogP contribution is -2.26. The van der Waals surface area contributed by atoms with E-state index in [1.807, 2.05) is 0 Å². The maximum atomic E-state index is 13.1. The SMILES string of the molecule is CC(Nc1cc(F)cc(F)c1[N+](=O)[O-])C(=O)O. The van der Waals surface area contributed by atoms with Crippen LogP contribution in [-0.4, -0.2) is 22.0 Å². The summed E-state index contributed by atoms with van der Waals surface area (Å²) < 4.78 is 26.0. The molecule has 0 bridgehead atoms. The van der Waals surface area contributed by atoms with Crippen LogP contribution in [0, 0.1) is 21.7 Å². The number of anilines is 1. The standard InChI is InChI=1S/C9H8F2N2O4/c1-4(9(14)15)12-7-3-5(10)2-6(11)8(7)13(16)17/h2-4,12H,1H3,(H,14,15). The van der Waals surface area contributed by atoms with E-state index in [0.717, 1.165) is 0 Å². The summed E-state index contributed by atoms with van der Waals surface area (Å²) in [5, 5.41) is 21.3. The first-order valence-corrected chi connectivity index (χ1v) is 4.45. The Hall–Kier alpha value is -2.25. The van der Waals surface area contributed by atoms with Gasteiger partial charge in [-0.3, -0.25) is 14.9 Å². The van der Waals surface area contributed by atoms with Gasteiger partial charge in [0.2, 0.25) is 5.82 Å². The monoisotopic (exact) mass is 246 g/mol. The van der Waals surface area contributed by atoms with Crippen molar-refractivity contribution in [3.63, 3.8) is 0 Å². The molecule has 6 nitrogen and oxygen atoms in total. The Morgan fingerprint density at radius 2 is 2.12 bits per heavy atom. The Balaban J connectivity index is 3.21. The average molecular weight is 246 g/mol. The lowest BCUT2D eigenvalue weighted by Gasteiger charge is -2.11. The van der Waals surface area contributed by atoms with E-state index in [0.29, 0.717) is 12.1 Å². The van der Waals surface area contributed by atoms with Crippen molar-refractivity contribution in [1.29, 1.82) is 0 Å². The van der Waals surface area contributed by atoms with Crippen LogP contribution in [0.4, 0.5) is 20.2 Å². The summed E-state index contributed by atoms with van der Waals surface area (Å²) in [6.07, 6.45) is 0. The van der Waals surface area contributed by atoms with Crippen LogP contribution >= 0.6 is 0 Å². The molecule has 0 aromatic heterocycles. The van der Waals surface area contributed by atoms with Gasteiger partial charge < -0.3 is 10.4 Å².